The van der Waals surface area contributed by atoms with Crippen LogP contribution in [0, 0.1) is 0 Å². The van der Waals surface area contributed by atoms with Gasteiger partial charge >= 0.3 is 0 Å². The molecular formula is C23H21N5O3S. The molecule has 1 aromatic carbocycles. The van der Waals surface area contributed by atoms with Crippen molar-refractivity contribution in [1.82, 2.24) is 19.9 Å². The average Bonchev–Trinajstić information content (AvgIpc) is 3.40. The number of amides is 2. The summed E-state index contributed by atoms with van der Waals surface area (Å²) in [6.45, 7) is 3.50. The lowest BCUT2D eigenvalue weighted by Gasteiger charge is -2.15. The Morgan fingerprint density at radius 1 is 1.12 bits per heavy atom. The number of carbonyl (C=O) groups is 3. The maximum atomic E-state index is 13.1. The third-order valence-electron chi connectivity index (χ3n) is 4.97. The van der Waals surface area contributed by atoms with Gasteiger partial charge in [-0.05, 0) is 36.8 Å². The van der Waals surface area contributed by atoms with Crippen molar-refractivity contribution in [3.8, 4) is 0 Å². The summed E-state index contributed by atoms with van der Waals surface area (Å²) in [5.41, 5.74) is 2.68. The summed E-state index contributed by atoms with van der Waals surface area (Å²) in [5, 5.41) is 8.23. The second kappa shape index (κ2) is 9.11. The van der Waals surface area contributed by atoms with E-state index >= 15 is 0 Å². The first-order chi connectivity index (χ1) is 15.4. The summed E-state index contributed by atoms with van der Waals surface area (Å²) >= 11 is 1.16. The lowest BCUT2D eigenvalue weighted by molar-refractivity contribution is -0.117. The molecule has 0 saturated heterocycles. The van der Waals surface area contributed by atoms with Gasteiger partial charge in [0.25, 0.3) is 5.91 Å². The van der Waals surface area contributed by atoms with E-state index in [-0.39, 0.29) is 11.7 Å². The second-order valence-corrected chi connectivity index (χ2v) is 8.17. The van der Waals surface area contributed by atoms with E-state index in [2.05, 4.69) is 20.6 Å². The molecule has 0 aliphatic rings. The van der Waals surface area contributed by atoms with Gasteiger partial charge in [0.05, 0.1) is 0 Å². The van der Waals surface area contributed by atoms with E-state index in [0.29, 0.717) is 23.1 Å². The molecule has 0 fully saturated rings. The fourth-order valence-corrected chi connectivity index (χ4v) is 4.03. The number of benzene rings is 1. The summed E-state index contributed by atoms with van der Waals surface area (Å²) in [6, 6.07) is 12.5. The third-order valence-corrected chi connectivity index (χ3v) is 5.73. The van der Waals surface area contributed by atoms with Crippen LogP contribution >= 0.6 is 11.3 Å². The van der Waals surface area contributed by atoms with Gasteiger partial charge in [0.2, 0.25) is 5.91 Å². The van der Waals surface area contributed by atoms with Crippen molar-refractivity contribution in [3.05, 3.63) is 77.2 Å². The van der Waals surface area contributed by atoms with Crippen LogP contribution in [0.15, 0.2) is 60.2 Å². The number of aromatic nitrogens is 3. The zero-order chi connectivity index (χ0) is 22.7. The van der Waals surface area contributed by atoms with Crippen molar-refractivity contribution >= 4 is 45.0 Å². The molecule has 3 aromatic heterocycles. The molecule has 4 rings (SSSR count). The van der Waals surface area contributed by atoms with Crippen LogP contribution in [0.2, 0.25) is 0 Å². The molecule has 0 bridgehead atoms. The van der Waals surface area contributed by atoms with Gasteiger partial charge in [-0.15, -0.1) is 11.3 Å². The SMILES string of the molecule is CC(=O)c1csc(NC(=O)[C@@H](C)NC(=O)c2cc3ccccc3n2Cc2ccncc2)n1. The molecule has 3 heterocycles. The summed E-state index contributed by atoms with van der Waals surface area (Å²) in [6.07, 6.45) is 3.42. The predicted octanol–water partition coefficient (Wildman–Crippen LogP) is 3.50. The number of para-hydroxylation sites is 1. The van der Waals surface area contributed by atoms with Crippen molar-refractivity contribution < 1.29 is 14.4 Å². The number of pyridine rings is 1. The number of fused-ring (bicyclic) bond motifs is 1. The van der Waals surface area contributed by atoms with E-state index in [0.717, 1.165) is 27.8 Å². The molecule has 1 atom stereocenters. The highest BCUT2D eigenvalue weighted by molar-refractivity contribution is 7.14. The van der Waals surface area contributed by atoms with Gasteiger partial charge in [0.1, 0.15) is 17.4 Å². The predicted molar refractivity (Wildman–Crippen MR) is 123 cm³/mol. The molecule has 2 amide bonds. The standard InChI is InChI=1S/C23H21N5O3S/c1-14(21(30)27-23-26-18(13-32-23)15(2)29)25-22(31)20-11-17-5-3-4-6-19(17)28(20)12-16-7-9-24-10-8-16/h3-11,13-14H,12H2,1-2H3,(H,25,31)(H,26,27,30)/t14-/m1/s1. The molecule has 4 aromatic rings. The minimum Gasteiger partial charge on any atom is -0.339 e. The van der Waals surface area contributed by atoms with Gasteiger partial charge in [0.15, 0.2) is 10.9 Å². The average molecular weight is 448 g/mol. The molecule has 2 N–H and O–H groups in total. The molecular weight excluding hydrogens is 426 g/mol. The number of thiazole rings is 1. The summed E-state index contributed by atoms with van der Waals surface area (Å²) in [4.78, 5) is 45.2. The molecule has 0 saturated carbocycles. The van der Waals surface area contributed by atoms with Crippen molar-refractivity contribution in [3.63, 3.8) is 0 Å². The van der Waals surface area contributed by atoms with Gasteiger partial charge in [-0.25, -0.2) is 4.98 Å². The fraction of sp³-hybridized carbons (Fsp3) is 0.174. The number of hydrogen-bond donors (Lipinski definition) is 2. The molecule has 9 heteroatoms. The van der Waals surface area contributed by atoms with Crippen molar-refractivity contribution in [2.45, 2.75) is 26.4 Å². The van der Waals surface area contributed by atoms with Crippen LogP contribution in [-0.4, -0.2) is 38.2 Å². The number of ketones is 1. The van der Waals surface area contributed by atoms with Crippen molar-refractivity contribution in [2.75, 3.05) is 5.32 Å². The van der Waals surface area contributed by atoms with E-state index in [1.54, 1.807) is 24.7 Å². The highest BCUT2D eigenvalue weighted by atomic mass is 32.1. The van der Waals surface area contributed by atoms with Gasteiger partial charge in [-0.3, -0.25) is 19.4 Å². The number of hydrogen-bond acceptors (Lipinski definition) is 6. The number of anilines is 1. The number of carbonyl (C=O) groups excluding carboxylic acids is 3. The summed E-state index contributed by atoms with van der Waals surface area (Å²) in [7, 11) is 0. The highest BCUT2D eigenvalue weighted by Crippen LogP contribution is 2.22. The van der Waals surface area contributed by atoms with Crippen LogP contribution < -0.4 is 10.6 Å². The maximum Gasteiger partial charge on any atom is 0.268 e. The lowest BCUT2D eigenvalue weighted by atomic mass is 10.2. The molecule has 0 radical (unpaired) electrons. The zero-order valence-corrected chi connectivity index (χ0v) is 18.3. The number of rotatable bonds is 7. The van der Waals surface area contributed by atoms with Crippen LogP contribution in [0.1, 0.15) is 40.4 Å². The number of nitrogens with one attached hydrogen (secondary N) is 2. The minimum absolute atomic E-state index is 0.176. The van der Waals surface area contributed by atoms with E-state index in [4.69, 9.17) is 0 Å². The first kappa shape index (κ1) is 21.4. The molecule has 0 aliphatic heterocycles. The Balaban J connectivity index is 1.53. The molecule has 0 unspecified atom stereocenters. The third kappa shape index (κ3) is 4.57. The van der Waals surface area contributed by atoms with E-state index in [9.17, 15) is 14.4 Å². The summed E-state index contributed by atoms with van der Waals surface area (Å²) in [5.74, 6) is -0.953. The largest absolute Gasteiger partial charge is 0.339 e. The first-order valence-corrected chi connectivity index (χ1v) is 10.9. The Bertz CT molecular complexity index is 1300. The number of nitrogens with zero attached hydrogens (tertiary/aromatic N) is 3. The van der Waals surface area contributed by atoms with Gasteiger partial charge < -0.3 is 15.2 Å². The Labute approximate surface area is 188 Å². The molecule has 0 aliphatic carbocycles. The van der Waals surface area contributed by atoms with Crippen LogP contribution in [0.5, 0.6) is 0 Å². The Morgan fingerprint density at radius 2 is 1.88 bits per heavy atom. The maximum absolute atomic E-state index is 13.1. The van der Waals surface area contributed by atoms with Gasteiger partial charge in [0, 0.05) is 42.1 Å². The molecule has 32 heavy (non-hydrogen) atoms. The van der Waals surface area contributed by atoms with E-state index in [1.807, 2.05) is 47.0 Å². The number of Topliss-reactive ketones (excluding diaryl/α,β-unsaturated/α-hetero) is 1. The van der Waals surface area contributed by atoms with Crippen LogP contribution in [0.3, 0.4) is 0 Å². The molecule has 8 nitrogen and oxygen atoms in total. The molecule has 162 valence electrons. The van der Waals surface area contributed by atoms with Crippen LogP contribution in [0.4, 0.5) is 5.13 Å². The monoisotopic (exact) mass is 447 g/mol. The Hall–Kier alpha value is -3.85. The van der Waals surface area contributed by atoms with E-state index in [1.165, 1.54) is 6.92 Å². The first-order valence-electron chi connectivity index (χ1n) is 9.97. The van der Waals surface area contributed by atoms with Crippen LogP contribution in [0.25, 0.3) is 10.9 Å². The van der Waals surface area contributed by atoms with Gasteiger partial charge in [-0.1, -0.05) is 18.2 Å². The van der Waals surface area contributed by atoms with Crippen molar-refractivity contribution in [2.24, 2.45) is 0 Å². The van der Waals surface area contributed by atoms with E-state index < -0.39 is 11.9 Å². The summed E-state index contributed by atoms with van der Waals surface area (Å²) < 4.78 is 1.92. The molecule has 0 spiro atoms. The zero-order valence-electron chi connectivity index (χ0n) is 17.5. The lowest BCUT2D eigenvalue weighted by Crippen LogP contribution is -2.42. The van der Waals surface area contributed by atoms with Gasteiger partial charge in [-0.2, -0.15) is 0 Å². The Kier molecular flexibility index (Phi) is 6.09. The highest BCUT2D eigenvalue weighted by Gasteiger charge is 2.21. The quantitative estimate of drug-likeness (QED) is 0.422. The normalized spacial score (nSPS) is 11.8. The Morgan fingerprint density at radius 3 is 2.59 bits per heavy atom. The second-order valence-electron chi connectivity index (χ2n) is 7.31. The topological polar surface area (TPSA) is 106 Å². The minimum atomic E-state index is -0.806. The van der Waals surface area contributed by atoms with Crippen LogP contribution in [-0.2, 0) is 11.3 Å². The van der Waals surface area contributed by atoms with Crippen molar-refractivity contribution in [1.29, 1.82) is 0 Å². The smallest absolute Gasteiger partial charge is 0.268 e. The fourth-order valence-electron chi connectivity index (χ4n) is 3.28.